The summed E-state index contributed by atoms with van der Waals surface area (Å²) in [5.74, 6) is 1.42. The Hall–Kier alpha value is -2.28. The molecule has 1 unspecified atom stereocenters. The number of benzene rings is 1. The molecule has 0 aliphatic carbocycles. The Morgan fingerprint density at radius 3 is 2.67 bits per heavy atom. The van der Waals surface area contributed by atoms with Crippen molar-refractivity contribution in [3.8, 4) is 5.75 Å². The number of aryl methyl sites for hydroxylation is 1. The fraction of sp³-hybridized carbons (Fsp3) is 0.600. The molecule has 1 rings (SSSR count). The summed E-state index contributed by atoms with van der Waals surface area (Å²) in [6, 6.07) is 6.32. The van der Waals surface area contributed by atoms with Gasteiger partial charge in [-0.25, -0.2) is 4.99 Å². The molecule has 0 spiro atoms. The van der Waals surface area contributed by atoms with Crippen LogP contribution >= 0.6 is 0 Å². The van der Waals surface area contributed by atoms with Crippen LogP contribution in [-0.4, -0.2) is 63.8 Å². The van der Waals surface area contributed by atoms with E-state index in [-0.39, 0.29) is 18.5 Å². The molecule has 152 valence electrons. The number of aliphatic imine (C=N–C) groups is 1. The lowest BCUT2D eigenvalue weighted by Gasteiger charge is -2.18. The predicted octanol–water partition coefficient (Wildman–Crippen LogP) is 1.94. The van der Waals surface area contributed by atoms with Crippen LogP contribution in [0.2, 0.25) is 0 Å². The molecule has 0 saturated heterocycles. The van der Waals surface area contributed by atoms with Gasteiger partial charge in [-0.2, -0.15) is 0 Å². The van der Waals surface area contributed by atoms with Crippen LogP contribution in [-0.2, 0) is 16.1 Å². The van der Waals surface area contributed by atoms with Gasteiger partial charge in [-0.1, -0.05) is 19.1 Å². The number of ether oxygens (including phenoxy) is 2. The minimum Gasteiger partial charge on any atom is -0.491 e. The third kappa shape index (κ3) is 8.77. The van der Waals surface area contributed by atoms with Gasteiger partial charge in [0.1, 0.15) is 12.4 Å². The van der Waals surface area contributed by atoms with E-state index < -0.39 is 0 Å². The predicted molar refractivity (Wildman–Crippen MR) is 109 cm³/mol. The van der Waals surface area contributed by atoms with Gasteiger partial charge in [0, 0.05) is 32.8 Å². The molecule has 0 bridgehead atoms. The number of hydrogen-bond donors (Lipinski definition) is 2. The van der Waals surface area contributed by atoms with Gasteiger partial charge in [-0.05, 0) is 31.9 Å². The Balaban J connectivity index is 2.88. The molecule has 0 aliphatic rings. The second-order valence-corrected chi connectivity index (χ2v) is 6.71. The maximum absolute atomic E-state index is 11.9. The normalized spacial score (nSPS) is 12.4. The molecule has 1 aromatic carbocycles. The Labute approximate surface area is 163 Å². The lowest BCUT2D eigenvalue weighted by molar-refractivity contribution is -0.127. The largest absolute Gasteiger partial charge is 0.491 e. The van der Waals surface area contributed by atoms with Gasteiger partial charge in [0.2, 0.25) is 5.91 Å². The molecule has 0 radical (unpaired) electrons. The van der Waals surface area contributed by atoms with Crippen molar-refractivity contribution in [2.24, 2.45) is 4.99 Å². The Bertz CT molecular complexity index is 617. The second kappa shape index (κ2) is 12.2. The third-order valence-corrected chi connectivity index (χ3v) is 4.08. The summed E-state index contributed by atoms with van der Waals surface area (Å²) in [4.78, 5) is 18.1. The van der Waals surface area contributed by atoms with Crippen LogP contribution in [0.5, 0.6) is 5.75 Å². The van der Waals surface area contributed by atoms with Crippen molar-refractivity contribution < 1.29 is 14.3 Å². The first kappa shape index (κ1) is 22.8. The molecule has 27 heavy (non-hydrogen) atoms. The highest BCUT2D eigenvalue weighted by Crippen LogP contribution is 2.21. The number of carbonyl (C=O) groups excluding carboxylic acids is 1. The molecular formula is C20H34N4O3. The molecule has 7 heteroatoms. The van der Waals surface area contributed by atoms with E-state index in [1.807, 2.05) is 25.1 Å². The minimum atomic E-state index is -0.00687. The molecule has 0 saturated carbocycles. The maximum atomic E-state index is 11.9. The highest BCUT2D eigenvalue weighted by Gasteiger charge is 2.09. The van der Waals surface area contributed by atoms with Crippen molar-refractivity contribution in [3.05, 3.63) is 29.3 Å². The molecule has 2 N–H and O–H groups in total. The Kier molecular flexibility index (Phi) is 10.3. The SMILES string of the molecule is CCC(C)NC(=NCc1ccc(C)cc1OCCOC)NCC(=O)N(C)C. The van der Waals surface area contributed by atoms with Crippen molar-refractivity contribution in [3.63, 3.8) is 0 Å². The van der Waals surface area contributed by atoms with Gasteiger partial charge in [-0.15, -0.1) is 0 Å². The van der Waals surface area contributed by atoms with Crippen molar-refractivity contribution in [1.29, 1.82) is 0 Å². The van der Waals surface area contributed by atoms with Crippen LogP contribution in [0.15, 0.2) is 23.2 Å². The van der Waals surface area contributed by atoms with E-state index in [0.717, 1.165) is 23.3 Å². The Morgan fingerprint density at radius 2 is 2.04 bits per heavy atom. The maximum Gasteiger partial charge on any atom is 0.241 e. The van der Waals surface area contributed by atoms with Crippen LogP contribution in [0.25, 0.3) is 0 Å². The van der Waals surface area contributed by atoms with Gasteiger partial charge in [0.15, 0.2) is 5.96 Å². The molecule has 7 nitrogen and oxygen atoms in total. The highest BCUT2D eigenvalue weighted by molar-refractivity contribution is 5.86. The number of methoxy groups -OCH3 is 1. The summed E-state index contributed by atoms with van der Waals surface area (Å²) < 4.78 is 10.9. The highest BCUT2D eigenvalue weighted by atomic mass is 16.5. The molecule has 0 aromatic heterocycles. The summed E-state index contributed by atoms with van der Waals surface area (Å²) in [6.45, 7) is 7.87. The fourth-order valence-electron chi connectivity index (χ4n) is 2.13. The standard InChI is InChI=1S/C20H34N4O3/c1-7-16(3)23-20(22-14-19(25)24(4)5)21-13-17-9-8-15(2)12-18(17)27-11-10-26-6/h8-9,12,16H,7,10-11,13-14H2,1-6H3,(H2,21,22,23). The molecule has 0 fully saturated rings. The number of amides is 1. The minimum absolute atomic E-state index is 0.00687. The number of hydrogen-bond acceptors (Lipinski definition) is 4. The molecule has 0 heterocycles. The molecule has 1 amide bonds. The van der Waals surface area contributed by atoms with Gasteiger partial charge in [0.05, 0.1) is 19.7 Å². The van der Waals surface area contributed by atoms with Crippen molar-refractivity contribution in [2.45, 2.75) is 39.8 Å². The van der Waals surface area contributed by atoms with E-state index in [2.05, 4.69) is 29.5 Å². The number of carbonyl (C=O) groups is 1. The van der Waals surface area contributed by atoms with E-state index in [1.54, 1.807) is 26.1 Å². The van der Waals surface area contributed by atoms with E-state index in [4.69, 9.17) is 9.47 Å². The number of nitrogens with zero attached hydrogens (tertiary/aromatic N) is 2. The summed E-state index contributed by atoms with van der Waals surface area (Å²) in [5.41, 5.74) is 2.11. The number of guanidine groups is 1. The molecular weight excluding hydrogens is 344 g/mol. The molecule has 0 aliphatic heterocycles. The van der Waals surface area contributed by atoms with E-state index in [0.29, 0.717) is 25.7 Å². The van der Waals surface area contributed by atoms with Crippen LogP contribution < -0.4 is 15.4 Å². The van der Waals surface area contributed by atoms with Crippen LogP contribution in [0.3, 0.4) is 0 Å². The summed E-state index contributed by atoms with van der Waals surface area (Å²) in [6.07, 6.45) is 0.957. The Morgan fingerprint density at radius 1 is 1.30 bits per heavy atom. The first-order chi connectivity index (χ1) is 12.9. The van der Waals surface area contributed by atoms with Crippen LogP contribution in [0.4, 0.5) is 0 Å². The first-order valence-corrected chi connectivity index (χ1v) is 9.33. The van der Waals surface area contributed by atoms with Crippen LogP contribution in [0.1, 0.15) is 31.4 Å². The van der Waals surface area contributed by atoms with Gasteiger partial charge in [-0.3, -0.25) is 4.79 Å². The molecule has 1 atom stereocenters. The first-order valence-electron chi connectivity index (χ1n) is 9.33. The van der Waals surface area contributed by atoms with E-state index in [9.17, 15) is 4.79 Å². The second-order valence-electron chi connectivity index (χ2n) is 6.71. The van der Waals surface area contributed by atoms with E-state index >= 15 is 0 Å². The van der Waals surface area contributed by atoms with Crippen molar-refractivity contribution in [1.82, 2.24) is 15.5 Å². The summed E-state index contributed by atoms with van der Waals surface area (Å²) >= 11 is 0. The summed E-state index contributed by atoms with van der Waals surface area (Å²) in [7, 11) is 5.12. The monoisotopic (exact) mass is 378 g/mol. The number of rotatable bonds is 10. The average molecular weight is 379 g/mol. The zero-order valence-electron chi connectivity index (χ0n) is 17.5. The van der Waals surface area contributed by atoms with Gasteiger partial charge in [0.25, 0.3) is 0 Å². The van der Waals surface area contributed by atoms with Gasteiger partial charge >= 0.3 is 0 Å². The lowest BCUT2D eigenvalue weighted by atomic mass is 10.1. The number of likely N-dealkylation sites (N-methyl/N-ethyl adjacent to an activating group) is 1. The van der Waals surface area contributed by atoms with Crippen molar-refractivity contribution >= 4 is 11.9 Å². The van der Waals surface area contributed by atoms with E-state index in [1.165, 1.54) is 0 Å². The molecule has 1 aromatic rings. The smallest absolute Gasteiger partial charge is 0.241 e. The summed E-state index contributed by atoms with van der Waals surface area (Å²) in [5, 5.41) is 6.43. The topological polar surface area (TPSA) is 75.2 Å². The number of nitrogens with one attached hydrogen (secondary N) is 2. The van der Waals surface area contributed by atoms with Gasteiger partial charge < -0.3 is 25.0 Å². The van der Waals surface area contributed by atoms with Crippen molar-refractivity contribution in [2.75, 3.05) is 41.0 Å². The quantitative estimate of drug-likeness (QED) is 0.370. The van der Waals surface area contributed by atoms with Crippen LogP contribution in [0, 0.1) is 6.92 Å². The zero-order valence-corrected chi connectivity index (χ0v) is 17.5. The third-order valence-electron chi connectivity index (χ3n) is 4.08. The lowest BCUT2D eigenvalue weighted by Crippen LogP contribution is -2.45. The fourth-order valence-corrected chi connectivity index (χ4v) is 2.13. The zero-order chi connectivity index (χ0) is 20.2. The average Bonchev–Trinajstić information content (AvgIpc) is 2.64.